The van der Waals surface area contributed by atoms with Crippen molar-refractivity contribution in [2.24, 2.45) is 0 Å². The topological polar surface area (TPSA) is 62.8 Å². The highest BCUT2D eigenvalue weighted by molar-refractivity contribution is 6.31. The minimum atomic E-state index is 0.160. The maximum Gasteiger partial charge on any atom is 0.161 e. The number of hydrogen-bond acceptors (Lipinski definition) is 5. The van der Waals surface area contributed by atoms with Crippen LogP contribution < -0.4 is 20.1 Å². The lowest BCUT2D eigenvalue weighted by atomic mass is 10.2. The molecule has 0 aliphatic rings. The van der Waals surface area contributed by atoms with Crippen LogP contribution in [0.15, 0.2) is 42.5 Å². The first-order chi connectivity index (χ1) is 12.2. The van der Waals surface area contributed by atoms with Crippen molar-refractivity contribution < 1.29 is 14.6 Å². The second-order valence-electron chi connectivity index (χ2n) is 5.52. The fourth-order valence-electron chi connectivity index (χ4n) is 2.33. The maximum atomic E-state index is 8.70. The number of aliphatic hydroxyl groups excluding tert-OH is 1. The molecule has 0 amide bonds. The van der Waals surface area contributed by atoms with E-state index in [1.807, 2.05) is 42.5 Å². The van der Waals surface area contributed by atoms with Gasteiger partial charge in [0, 0.05) is 36.8 Å². The second-order valence-corrected chi connectivity index (χ2v) is 5.92. The SMILES string of the molecule is COc1cc(CNCCNCCO)ccc1OCc1ccccc1Cl. The van der Waals surface area contributed by atoms with Crippen LogP contribution in [0.5, 0.6) is 11.5 Å². The first kappa shape index (κ1) is 19.5. The number of hydrogen-bond donors (Lipinski definition) is 3. The van der Waals surface area contributed by atoms with E-state index in [-0.39, 0.29) is 6.61 Å². The normalized spacial score (nSPS) is 10.7. The van der Waals surface area contributed by atoms with E-state index in [0.29, 0.717) is 29.7 Å². The number of aliphatic hydroxyl groups is 1. The van der Waals surface area contributed by atoms with Crippen LogP contribution in [0.1, 0.15) is 11.1 Å². The van der Waals surface area contributed by atoms with E-state index in [4.69, 9.17) is 26.2 Å². The van der Waals surface area contributed by atoms with Crippen LogP contribution in [0.2, 0.25) is 5.02 Å². The largest absolute Gasteiger partial charge is 0.493 e. The van der Waals surface area contributed by atoms with Crippen LogP contribution >= 0.6 is 11.6 Å². The average Bonchev–Trinajstić information content (AvgIpc) is 2.64. The Morgan fingerprint density at radius 2 is 1.80 bits per heavy atom. The molecule has 6 heteroatoms. The van der Waals surface area contributed by atoms with Crippen molar-refractivity contribution in [2.75, 3.05) is 33.4 Å². The molecule has 2 aromatic rings. The van der Waals surface area contributed by atoms with Crippen molar-refractivity contribution in [2.45, 2.75) is 13.2 Å². The Bertz CT molecular complexity index is 652. The Morgan fingerprint density at radius 3 is 2.56 bits per heavy atom. The van der Waals surface area contributed by atoms with E-state index < -0.39 is 0 Å². The summed E-state index contributed by atoms with van der Waals surface area (Å²) in [6, 6.07) is 13.5. The highest BCUT2D eigenvalue weighted by atomic mass is 35.5. The van der Waals surface area contributed by atoms with Gasteiger partial charge in [0.15, 0.2) is 11.5 Å². The van der Waals surface area contributed by atoms with Crippen LogP contribution in [0.25, 0.3) is 0 Å². The fourth-order valence-corrected chi connectivity index (χ4v) is 2.52. The predicted molar refractivity (Wildman–Crippen MR) is 100 cm³/mol. The summed E-state index contributed by atoms with van der Waals surface area (Å²) in [6.45, 7) is 3.55. The van der Waals surface area contributed by atoms with Gasteiger partial charge in [0.1, 0.15) is 6.61 Å². The molecule has 0 spiro atoms. The Labute approximate surface area is 153 Å². The highest BCUT2D eigenvalue weighted by Crippen LogP contribution is 2.29. The lowest BCUT2D eigenvalue weighted by molar-refractivity contribution is 0.284. The van der Waals surface area contributed by atoms with Gasteiger partial charge in [0.05, 0.1) is 13.7 Å². The Morgan fingerprint density at radius 1 is 1.00 bits per heavy atom. The lowest BCUT2D eigenvalue weighted by Crippen LogP contribution is -2.28. The number of rotatable bonds is 11. The van der Waals surface area contributed by atoms with E-state index in [9.17, 15) is 0 Å². The van der Waals surface area contributed by atoms with E-state index in [1.54, 1.807) is 7.11 Å². The molecule has 2 rings (SSSR count). The van der Waals surface area contributed by atoms with Gasteiger partial charge in [0.25, 0.3) is 0 Å². The molecule has 5 nitrogen and oxygen atoms in total. The Hall–Kier alpha value is -1.79. The number of halogens is 1. The standard InChI is InChI=1S/C19H25ClN2O3/c1-24-19-12-15(13-22-9-8-21-10-11-23)6-7-18(19)25-14-16-4-2-3-5-17(16)20/h2-7,12,21-23H,8-11,13-14H2,1H3. The van der Waals surface area contributed by atoms with E-state index in [0.717, 1.165) is 30.8 Å². The second kappa shape index (κ2) is 10.9. The molecule has 0 aliphatic carbocycles. The molecule has 2 aromatic carbocycles. The van der Waals surface area contributed by atoms with Gasteiger partial charge in [-0.1, -0.05) is 35.9 Å². The zero-order valence-corrected chi connectivity index (χ0v) is 15.2. The number of ether oxygens (including phenoxy) is 2. The predicted octanol–water partition coefficient (Wildman–Crippen LogP) is 2.60. The Kier molecular flexibility index (Phi) is 8.55. The minimum Gasteiger partial charge on any atom is -0.493 e. The van der Waals surface area contributed by atoms with Crippen molar-refractivity contribution in [1.82, 2.24) is 10.6 Å². The molecule has 0 unspecified atom stereocenters. The zero-order chi connectivity index (χ0) is 17.9. The third kappa shape index (κ3) is 6.55. The lowest BCUT2D eigenvalue weighted by Gasteiger charge is -2.13. The molecule has 0 aliphatic heterocycles. The third-order valence-corrected chi connectivity index (χ3v) is 4.03. The Balaban J connectivity index is 1.87. The quantitative estimate of drug-likeness (QED) is 0.535. The summed E-state index contributed by atoms with van der Waals surface area (Å²) in [4.78, 5) is 0. The summed E-state index contributed by atoms with van der Waals surface area (Å²) in [5.74, 6) is 1.39. The molecule has 0 bridgehead atoms. The van der Waals surface area contributed by atoms with Crippen LogP contribution in [0.4, 0.5) is 0 Å². The summed E-state index contributed by atoms with van der Waals surface area (Å²) in [5, 5.41) is 15.9. The van der Waals surface area contributed by atoms with Crippen molar-refractivity contribution in [3.63, 3.8) is 0 Å². The van der Waals surface area contributed by atoms with Crippen LogP contribution in [0, 0.1) is 0 Å². The van der Waals surface area contributed by atoms with Gasteiger partial charge in [-0.3, -0.25) is 0 Å². The summed E-state index contributed by atoms with van der Waals surface area (Å²) in [5.41, 5.74) is 2.05. The molecule has 0 heterocycles. The van der Waals surface area contributed by atoms with Crippen LogP contribution in [0.3, 0.4) is 0 Å². The van der Waals surface area contributed by atoms with Gasteiger partial charge < -0.3 is 25.2 Å². The average molecular weight is 365 g/mol. The van der Waals surface area contributed by atoms with Crippen LogP contribution in [-0.2, 0) is 13.2 Å². The monoisotopic (exact) mass is 364 g/mol. The summed E-state index contributed by atoms with van der Waals surface area (Å²) in [7, 11) is 1.63. The first-order valence-corrected chi connectivity index (χ1v) is 8.68. The van der Waals surface area contributed by atoms with Gasteiger partial charge in [-0.25, -0.2) is 0 Å². The number of methoxy groups -OCH3 is 1. The van der Waals surface area contributed by atoms with Crippen molar-refractivity contribution in [3.8, 4) is 11.5 Å². The molecule has 0 saturated heterocycles. The summed E-state index contributed by atoms with van der Waals surface area (Å²) >= 11 is 6.15. The van der Waals surface area contributed by atoms with Gasteiger partial charge in [0.2, 0.25) is 0 Å². The first-order valence-electron chi connectivity index (χ1n) is 8.30. The van der Waals surface area contributed by atoms with E-state index >= 15 is 0 Å². The van der Waals surface area contributed by atoms with Crippen molar-refractivity contribution in [3.05, 3.63) is 58.6 Å². The number of benzene rings is 2. The fraction of sp³-hybridized carbons (Fsp3) is 0.368. The molecule has 0 aromatic heterocycles. The van der Waals surface area contributed by atoms with Gasteiger partial charge in [-0.15, -0.1) is 0 Å². The molecule has 136 valence electrons. The van der Waals surface area contributed by atoms with E-state index in [2.05, 4.69) is 10.6 Å². The third-order valence-electron chi connectivity index (χ3n) is 3.67. The smallest absolute Gasteiger partial charge is 0.161 e. The minimum absolute atomic E-state index is 0.160. The molecule has 25 heavy (non-hydrogen) atoms. The molecule has 0 fully saturated rings. The number of nitrogens with one attached hydrogen (secondary N) is 2. The van der Waals surface area contributed by atoms with E-state index in [1.165, 1.54) is 0 Å². The maximum absolute atomic E-state index is 8.70. The molecule has 0 atom stereocenters. The summed E-state index contributed by atoms with van der Waals surface area (Å²) < 4.78 is 11.3. The van der Waals surface area contributed by atoms with Gasteiger partial charge in [-0.05, 0) is 23.8 Å². The highest BCUT2D eigenvalue weighted by Gasteiger charge is 2.07. The molecule has 0 saturated carbocycles. The van der Waals surface area contributed by atoms with Crippen molar-refractivity contribution >= 4 is 11.6 Å². The zero-order valence-electron chi connectivity index (χ0n) is 14.4. The van der Waals surface area contributed by atoms with Crippen LogP contribution in [-0.4, -0.2) is 38.5 Å². The molecule has 3 N–H and O–H groups in total. The molecular formula is C19H25ClN2O3. The van der Waals surface area contributed by atoms with Gasteiger partial charge >= 0.3 is 0 Å². The molecule has 0 radical (unpaired) electrons. The van der Waals surface area contributed by atoms with Crippen molar-refractivity contribution in [1.29, 1.82) is 0 Å². The summed E-state index contributed by atoms with van der Waals surface area (Å²) in [6.07, 6.45) is 0. The molecular weight excluding hydrogens is 340 g/mol. The van der Waals surface area contributed by atoms with Gasteiger partial charge in [-0.2, -0.15) is 0 Å².